The van der Waals surface area contributed by atoms with Crippen LogP contribution in [0.5, 0.6) is 11.5 Å². The number of amides is 2. The number of Topliss-reactive ketones (excluding diaryl/α,β-unsaturated/α-hetero) is 2. The SMILES string of the molecule is CCCCCCCCCCCCCCC(O)C(O)C(CO)NC(=O)C(=O)CCC(=O)Oc1cc(OC(=O)CCC(=O)C(=O)NC(CO)C(O)C(O)CCCCCCCCCCCCC)ccc1CCC. The van der Waals surface area contributed by atoms with Crippen LogP contribution in [0.3, 0.4) is 0 Å². The highest BCUT2D eigenvalue weighted by Gasteiger charge is 2.31. The number of benzene rings is 1. The van der Waals surface area contributed by atoms with E-state index in [-0.39, 0.29) is 24.3 Å². The number of nitrogens with one attached hydrogen (secondary N) is 2. The normalized spacial score (nSPS) is 14.0. The standard InChI is InChI=1S/C54H92N2O14/c1-4-7-9-11-13-15-17-19-21-23-25-27-30-45(60)52(66)43(39-58)56-54(68)47(62)34-36-50(64)70-48-37-41(32-31-40(48)28-6-3)69-49(63)35-33-46(61)53(67)55-42(38-57)51(65)44(59)29-26-24-22-20-18-16-14-12-10-8-5-2/h31-32,37,42-45,51-52,57-60,65-66H,4-30,33-36,38-39H2,1-3H3,(H,55,67)(H,56,68). The molecule has 402 valence electrons. The van der Waals surface area contributed by atoms with Crippen LogP contribution in [-0.4, -0.2) is 116 Å². The number of ether oxygens (including phenoxy) is 2. The lowest BCUT2D eigenvalue weighted by Gasteiger charge is -2.26. The Balaban J connectivity index is 2.54. The molecule has 0 radical (unpaired) electrons. The Morgan fingerprint density at radius 1 is 0.471 bits per heavy atom. The van der Waals surface area contributed by atoms with Crippen LogP contribution in [0.1, 0.15) is 219 Å². The van der Waals surface area contributed by atoms with Gasteiger partial charge in [-0.05, 0) is 30.9 Å². The van der Waals surface area contributed by atoms with E-state index in [4.69, 9.17) is 9.47 Å². The Kier molecular flexibility index (Phi) is 37.4. The second-order valence-electron chi connectivity index (χ2n) is 19.0. The summed E-state index contributed by atoms with van der Waals surface area (Å²) in [5.74, 6) is -6.07. The maximum absolute atomic E-state index is 12.9. The number of aliphatic hydroxyl groups excluding tert-OH is 6. The fourth-order valence-corrected chi connectivity index (χ4v) is 8.25. The molecule has 0 bridgehead atoms. The van der Waals surface area contributed by atoms with Crippen LogP contribution in [0, 0.1) is 0 Å². The molecule has 0 saturated heterocycles. The van der Waals surface area contributed by atoms with Crippen molar-refractivity contribution in [2.45, 2.75) is 256 Å². The third-order valence-electron chi connectivity index (χ3n) is 12.7. The summed E-state index contributed by atoms with van der Waals surface area (Å²) >= 11 is 0. The summed E-state index contributed by atoms with van der Waals surface area (Å²) in [6.45, 7) is 4.84. The van der Waals surface area contributed by atoms with Crippen LogP contribution in [-0.2, 0) is 35.2 Å². The molecule has 0 aliphatic carbocycles. The van der Waals surface area contributed by atoms with E-state index in [0.29, 0.717) is 31.2 Å². The summed E-state index contributed by atoms with van der Waals surface area (Å²) < 4.78 is 10.8. The van der Waals surface area contributed by atoms with Gasteiger partial charge in [0.1, 0.15) is 23.7 Å². The van der Waals surface area contributed by atoms with Gasteiger partial charge in [-0.3, -0.25) is 28.8 Å². The summed E-state index contributed by atoms with van der Waals surface area (Å²) in [6.07, 6.45) is 20.1. The molecule has 16 heteroatoms. The number of hydrogen-bond acceptors (Lipinski definition) is 14. The zero-order valence-corrected chi connectivity index (χ0v) is 43.0. The van der Waals surface area contributed by atoms with Crippen LogP contribution in [0.2, 0.25) is 0 Å². The zero-order chi connectivity index (χ0) is 51.9. The summed E-state index contributed by atoms with van der Waals surface area (Å²) in [7, 11) is 0. The highest BCUT2D eigenvalue weighted by atomic mass is 16.5. The molecule has 0 spiro atoms. The van der Waals surface area contributed by atoms with E-state index in [9.17, 15) is 59.4 Å². The Bertz CT molecular complexity index is 1610. The summed E-state index contributed by atoms with van der Waals surface area (Å²) in [5, 5.41) is 66.4. The number of ketones is 2. The second-order valence-corrected chi connectivity index (χ2v) is 19.0. The first kappa shape index (κ1) is 64.2. The second kappa shape index (κ2) is 40.8. The average Bonchev–Trinajstić information content (AvgIpc) is 3.35. The number of carbonyl (C=O) groups is 6. The Hall–Kier alpha value is -3.80. The Morgan fingerprint density at radius 2 is 0.829 bits per heavy atom. The molecule has 0 aliphatic heterocycles. The van der Waals surface area contributed by atoms with Gasteiger partial charge in [-0.1, -0.05) is 181 Å². The van der Waals surface area contributed by atoms with E-state index in [2.05, 4.69) is 24.5 Å². The van der Waals surface area contributed by atoms with E-state index < -0.39 is 111 Å². The van der Waals surface area contributed by atoms with Crippen molar-refractivity contribution in [2.75, 3.05) is 13.2 Å². The van der Waals surface area contributed by atoms with Gasteiger partial charge in [-0.15, -0.1) is 0 Å². The molecule has 0 fully saturated rings. The Morgan fingerprint density at radius 3 is 1.19 bits per heavy atom. The van der Waals surface area contributed by atoms with Crippen LogP contribution in [0.15, 0.2) is 18.2 Å². The fraction of sp³-hybridized carbons (Fsp3) is 0.778. The van der Waals surface area contributed by atoms with Crippen molar-refractivity contribution in [1.82, 2.24) is 10.6 Å². The molecule has 0 saturated carbocycles. The number of carbonyl (C=O) groups excluding carboxylic acids is 6. The lowest BCUT2D eigenvalue weighted by molar-refractivity contribution is -0.141. The quantitative estimate of drug-likeness (QED) is 0.0138. The molecule has 6 unspecified atom stereocenters. The fourth-order valence-electron chi connectivity index (χ4n) is 8.25. The van der Waals surface area contributed by atoms with Gasteiger partial charge in [0.25, 0.3) is 11.8 Å². The number of esters is 2. The van der Waals surface area contributed by atoms with Gasteiger partial charge in [0.2, 0.25) is 11.6 Å². The van der Waals surface area contributed by atoms with Crippen molar-refractivity contribution in [3.8, 4) is 11.5 Å². The van der Waals surface area contributed by atoms with Gasteiger partial charge >= 0.3 is 11.9 Å². The van der Waals surface area contributed by atoms with E-state index in [1.807, 2.05) is 6.92 Å². The van der Waals surface area contributed by atoms with Gasteiger partial charge < -0.3 is 50.7 Å². The molecular weight excluding hydrogens is 901 g/mol. The van der Waals surface area contributed by atoms with Crippen LogP contribution in [0.4, 0.5) is 0 Å². The first-order valence-electron chi connectivity index (χ1n) is 26.9. The molecule has 2 amide bonds. The zero-order valence-electron chi connectivity index (χ0n) is 43.0. The lowest BCUT2D eigenvalue weighted by Crippen LogP contribution is -2.52. The van der Waals surface area contributed by atoms with Crippen LogP contribution < -0.4 is 20.1 Å². The first-order chi connectivity index (χ1) is 33.7. The molecule has 8 N–H and O–H groups in total. The topological polar surface area (TPSA) is 266 Å². The molecule has 1 aromatic carbocycles. The van der Waals surface area contributed by atoms with Crippen LogP contribution in [0.25, 0.3) is 0 Å². The number of aryl methyl sites for hydroxylation is 1. The van der Waals surface area contributed by atoms with Gasteiger partial charge in [0, 0.05) is 18.9 Å². The summed E-state index contributed by atoms with van der Waals surface area (Å²) in [5.41, 5.74) is 0.581. The Labute approximate surface area is 418 Å². The molecule has 16 nitrogen and oxygen atoms in total. The van der Waals surface area contributed by atoms with E-state index in [0.717, 1.165) is 38.5 Å². The molecular formula is C54H92N2O14. The molecule has 6 atom stereocenters. The van der Waals surface area contributed by atoms with Gasteiger partial charge in [-0.2, -0.15) is 0 Å². The molecule has 1 rings (SSSR count). The first-order valence-corrected chi connectivity index (χ1v) is 26.9. The third-order valence-corrected chi connectivity index (χ3v) is 12.7. The number of aliphatic hydroxyl groups is 6. The van der Waals surface area contributed by atoms with Crippen LogP contribution >= 0.6 is 0 Å². The van der Waals surface area contributed by atoms with Crippen molar-refractivity contribution in [3.05, 3.63) is 23.8 Å². The number of rotatable bonds is 45. The van der Waals surface area contributed by atoms with Crippen molar-refractivity contribution in [2.24, 2.45) is 0 Å². The van der Waals surface area contributed by atoms with Crippen molar-refractivity contribution < 1.29 is 68.9 Å². The minimum atomic E-state index is -1.52. The molecule has 0 aromatic heterocycles. The third kappa shape index (κ3) is 29.5. The van der Waals surface area contributed by atoms with Gasteiger partial charge in [0.15, 0.2) is 0 Å². The average molecular weight is 993 g/mol. The number of hydrogen-bond donors (Lipinski definition) is 8. The molecule has 70 heavy (non-hydrogen) atoms. The van der Waals surface area contributed by atoms with Crippen molar-refractivity contribution in [3.63, 3.8) is 0 Å². The minimum Gasteiger partial charge on any atom is -0.426 e. The number of unbranched alkanes of at least 4 members (excludes halogenated alkanes) is 21. The molecule has 0 aliphatic rings. The molecule has 0 heterocycles. The summed E-state index contributed by atoms with van der Waals surface area (Å²) in [4.78, 5) is 76.2. The maximum Gasteiger partial charge on any atom is 0.311 e. The summed E-state index contributed by atoms with van der Waals surface area (Å²) in [6, 6.07) is 1.71. The highest BCUT2D eigenvalue weighted by molar-refractivity contribution is 6.36. The van der Waals surface area contributed by atoms with E-state index in [1.54, 1.807) is 6.07 Å². The van der Waals surface area contributed by atoms with E-state index >= 15 is 0 Å². The van der Waals surface area contributed by atoms with Crippen molar-refractivity contribution >= 4 is 35.3 Å². The molecule has 1 aromatic rings. The van der Waals surface area contributed by atoms with Gasteiger partial charge in [-0.25, -0.2) is 0 Å². The predicted octanol–water partition coefficient (Wildman–Crippen LogP) is 7.34. The predicted molar refractivity (Wildman–Crippen MR) is 269 cm³/mol. The maximum atomic E-state index is 12.9. The smallest absolute Gasteiger partial charge is 0.311 e. The largest absolute Gasteiger partial charge is 0.426 e. The van der Waals surface area contributed by atoms with Gasteiger partial charge in [0.05, 0.1) is 50.3 Å². The lowest BCUT2D eigenvalue weighted by atomic mass is 9.99. The minimum absolute atomic E-state index is 0.0365. The monoisotopic (exact) mass is 993 g/mol. The van der Waals surface area contributed by atoms with E-state index in [1.165, 1.54) is 108 Å². The highest BCUT2D eigenvalue weighted by Crippen LogP contribution is 2.27. The van der Waals surface area contributed by atoms with Crippen molar-refractivity contribution in [1.29, 1.82) is 0 Å².